The van der Waals surface area contributed by atoms with Crippen LogP contribution in [0.1, 0.15) is 41.1 Å². The minimum Gasteiger partial charge on any atom is -0.480 e. The van der Waals surface area contributed by atoms with Crippen LogP contribution >= 0.6 is 0 Å². The Hall–Kier alpha value is -3.47. The molecule has 1 saturated carbocycles. The Bertz CT molecular complexity index is 1140. The molecule has 2 unspecified atom stereocenters. The van der Waals surface area contributed by atoms with Gasteiger partial charge in [0.15, 0.2) is 0 Å². The molecule has 0 aromatic heterocycles. The molecular weight excluding hydrogens is 460 g/mol. The zero-order chi connectivity index (χ0) is 24.8. The number of aldehydes is 1. The summed E-state index contributed by atoms with van der Waals surface area (Å²) in [6.45, 7) is 0. The second-order valence-corrected chi connectivity index (χ2v) is 8.45. The maximum atomic E-state index is 14.2. The molecule has 0 spiro atoms. The first kappa shape index (κ1) is 23.7. The predicted octanol–water partition coefficient (Wildman–Crippen LogP) is 3.62. The van der Waals surface area contributed by atoms with E-state index in [1.807, 2.05) is 0 Å². The Morgan fingerprint density at radius 3 is 2.35 bits per heavy atom. The first-order valence-electron chi connectivity index (χ1n) is 10.4. The summed E-state index contributed by atoms with van der Waals surface area (Å²) in [5.41, 5.74) is 4.72. The molecule has 34 heavy (non-hydrogen) atoms. The summed E-state index contributed by atoms with van der Waals surface area (Å²) >= 11 is 0. The Morgan fingerprint density at radius 2 is 1.82 bits per heavy atom. The number of ether oxygens (including phenoxy) is 1. The van der Waals surface area contributed by atoms with Crippen molar-refractivity contribution in [2.24, 2.45) is 11.7 Å². The smallest absolute Gasteiger partial charge is 0.480 e. The van der Waals surface area contributed by atoms with E-state index in [4.69, 9.17) is 5.73 Å². The van der Waals surface area contributed by atoms with Crippen molar-refractivity contribution < 1.29 is 41.8 Å². The van der Waals surface area contributed by atoms with Gasteiger partial charge >= 0.3 is 12.3 Å². The first-order valence-corrected chi connectivity index (χ1v) is 10.4. The number of amides is 1. The van der Waals surface area contributed by atoms with E-state index in [9.17, 15) is 37.1 Å². The van der Waals surface area contributed by atoms with Crippen LogP contribution in [0.5, 0.6) is 5.75 Å². The van der Waals surface area contributed by atoms with Crippen molar-refractivity contribution in [2.45, 2.75) is 43.1 Å². The number of hydrogen-bond acceptors (Lipinski definition) is 5. The van der Waals surface area contributed by atoms with Crippen molar-refractivity contribution in [1.82, 2.24) is 0 Å². The lowest BCUT2D eigenvalue weighted by Crippen LogP contribution is -2.64. The van der Waals surface area contributed by atoms with Gasteiger partial charge in [0, 0.05) is 29.6 Å². The summed E-state index contributed by atoms with van der Waals surface area (Å²) in [5.74, 6) is -4.49. The van der Waals surface area contributed by atoms with E-state index in [0.717, 1.165) is 24.3 Å². The van der Waals surface area contributed by atoms with Crippen molar-refractivity contribution in [1.29, 1.82) is 0 Å². The lowest BCUT2D eigenvalue weighted by Gasteiger charge is -2.55. The summed E-state index contributed by atoms with van der Waals surface area (Å²) in [7, 11) is 0. The fourth-order valence-corrected chi connectivity index (χ4v) is 4.96. The van der Waals surface area contributed by atoms with Crippen LogP contribution in [0.25, 0.3) is 0 Å². The fourth-order valence-electron chi connectivity index (χ4n) is 4.96. The average Bonchev–Trinajstić information content (AvgIpc) is 2.73. The molecule has 1 heterocycles. The number of aliphatic carboxylic acids is 1. The minimum atomic E-state index is -4.88. The topological polar surface area (TPSA) is 110 Å². The third kappa shape index (κ3) is 4.00. The first-order chi connectivity index (χ1) is 16.0. The van der Waals surface area contributed by atoms with Crippen LogP contribution in [-0.2, 0) is 9.59 Å². The van der Waals surface area contributed by atoms with Crippen LogP contribution in [0.3, 0.4) is 0 Å². The fraction of sp³-hybridized carbons (Fsp3) is 0.348. The van der Waals surface area contributed by atoms with Gasteiger partial charge in [-0.1, -0.05) is 0 Å². The van der Waals surface area contributed by atoms with E-state index >= 15 is 0 Å². The number of carboxylic acids is 1. The molecule has 7 nitrogen and oxygen atoms in total. The standard InChI is InChI=1S/C23H20F4N2O5/c24-13-3-7-18-16(11-13)19(22(28,9-10-30)21(32)33)15-6-8-17(15)29(18)20(31)12-1-4-14(5-2-12)34-23(25,26)27/h1-5,7,10-11,15,17,19H,6,8-9,28H2,(H,32,33)/t15-,17+,19?,22?/m0/s1. The number of benzene rings is 2. The molecule has 4 rings (SSSR count). The van der Waals surface area contributed by atoms with Crippen molar-refractivity contribution in [3.63, 3.8) is 0 Å². The number of rotatable bonds is 6. The normalized spacial score (nSPS) is 23.1. The molecule has 2 aromatic rings. The van der Waals surface area contributed by atoms with Crippen LogP contribution < -0.4 is 15.4 Å². The Labute approximate surface area is 191 Å². The molecule has 1 fully saturated rings. The maximum absolute atomic E-state index is 14.2. The van der Waals surface area contributed by atoms with Crippen LogP contribution in [0, 0.1) is 11.7 Å². The highest BCUT2D eigenvalue weighted by Gasteiger charge is 2.57. The third-order valence-electron chi connectivity index (χ3n) is 6.56. The molecule has 1 aliphatic heterocycles. The van der Waals surface area contributed by atoms with Crippen LogP contribution in [0.15, 0.2) is 42.5 Å². The highest BCUT2D eigenvalue weighted by Crippen LogP contribution is 2.55. The molecule has 1 aliphatic carbocycles. The zero-order valence-corrected chi connectivity index (χ0v) is 17.6. The summed E-state index contributed by atoms with van der Waals surface area (Å²) in [6.07, 6.45) is -3.96. The number of nitrogens with two attached hydrogens (primary N) is 1. The molecule has 2 aromatic carbocycles. The molecule has 2 aliphatic rings. The van der Waals surface area contributed by atoms with Gasteiger partial charge in [-0.3, -0.25) is 9.59 Å². The second-order valence-electron chi connectivity index (χ2n) is 8.45. The third-order valence-corrected chi connectivity index (χ3v) is 6.56. The van der Waals surface area contributed by atoms with E-state index in [-0.39, 0.29) is 16.8 Å². The molecule has 1 amide bonds. The molecule has 0 bridgehead atoms. The number of anilines is 1. The maximum Gasteiger partial charge on any atom is 0.573 e. The van der Waals surface area contributed by atoms with Crippen LogP contribution in [0.2, 0.25) is 0 Å². The largest absolute Gasteiger partial charge is 0.573 e. The van der Waals surface area contributed by atoms with E-state index in [2.05, 4.69) is 4.74 Å². The van der Waals surface area contributed by atoms with Crippen molar-refractivity contribution in [3.8, 4) is 5.75 Å². The summed E-state index contributed by atoms with van der Waals surface area (Å²) in [5, 5.41) is 9.85. The van der Waals surface area contributed by atoms with Gasteiger partial charge in [-0.2, -0.15) is 0 Å². The van der Waals surface area contributed by atoms with Gasteiger partial charge in [0.2, 0.25) is 0 Å². The Kier molecular flexibility index (Phi) is 5.84. The average molecular weight is 480 g/mol. The van der Waals surface area contributed by atoms with Crippen molar-refractivity contribution in [3.05, 3.63) is 59.4 Å². The highest BCUT2D eigenvalue weighted by molar-refractivity contribution is 6.07. The number of alkyl halides is 3. The lowest BCUT2D eigenvalue weighted by molar-refractivity contribution is -0.274. The monoisotopic (exact) mass is 480 g/mol. The predicted molar refractivity (Wildman–Crippen MR) is 111 cm³/mol. The molecule has 4 atom stereocenters. The minimum absolute atomic E-state index is 0.0686. The molecule has 3 N–H and O–H groups in total. The SMILES string of the molecule is NC(CC=O)(C(=O)O)C1c2cc(F)ccc2N(C(=O)c2ccc(OC(F)(F)F)cc2)[C@@H]2CC[C@H]12. The zero-order valence-electron chi connectivity index (χ0n) is 17.6. The van der Waals surface area contributed by atoms with E-state index in [1.165, 1.54) is 23.1 Å². The van der Waals surface area contributed by atoms with Gasteiger partial charge in [-0.05, 0) is 66.8 Å². The highest BCUT2D eigenvalue weighted by atomic mass is 19.4. The molecule has 180 valence electrons. The van der Waals surface area contributed by atoms with Crippen molar-refractivity contribution in [2.75, 3.05) is 4.90 Å². The molecular formula is C23H20F4N2O5. The van der Waals surface area contributed by atoms with Crippen LogP contribution in [-0.4, -0.2) is 41.2 Å². The number of halogens is 4. The number of carbonyl (C=O) groups is 3. The summed E-state index contributed by atoms with van der Waals surface area (Å²) in [6, 6.07) is 7.49. The van der Waals surface area contributed by atoms with E-state index in [1.54, 1.807) is 0 Å². The van der Waals surface area contributed by atoms with E-state index < -0.39 is 59.6 Å². The van der Waals surface area contributed by atoms with Gasteiger partial charge in [0.1, 0.15) is 23.4 Å². The molecule has 11 heteroatoms. The summed E-state index contributed by atoms with van der Waals surface area (Å²) in [4.78, 5) is 38.2. The van der Waals surface area contributed by atoms with Gasteiger partial charge in [0.25, 0.3) is 5.91 Å². The number of fused-ring (bicyclic) bond motifs is 2. The quantitative estimate of drug-likeness (QED) is 0.483. The number of hydrogen-bond donors (Lipinski definition) is 2. The Balaban J connectivity index is 1.76. The van der Waals surface area contributed by atoms with Gasteiger partial charge in [0.05, 0.1) is 0 Å². The second kappa shape index (κ2) is 8.39. The number of nitrogens with zero attached hydrogens (tertiary/aromatic N) is 1. The van der Waals surface area contributed by atoms with Crippen molar-refractivity contribution >= 4 is 23.9 Å². The molecule has 0 radical (unpaired) electrons. The van der Waals surface area contributed by atoms with Gasteiger partial charge in [-0.25, -0.2) is 4.39 Å². The van der Waals surface area contributed by atoms with Gasteiger partial charge < -0.3 is 25.3 Å². The Morgan fingerprint density at radius 1 is 1.15 bits per heavy atom. The molecule has 0 saturated heterocycles. The summed E-state index contributed by atoms with van der Waals surface area (Å²) < 4.78 is 55.4. The van der Waals surface area contributed by atoms with Crippen LogP contribution in [0.4, 0.5) is 23.2 Å². The number of carbonyl (C=O) groups excluding carboxylic acids is 2. The van der Waals surface area contributed by atoms with E-state index in [0.29, 0.717) is 19.1 Å². The number of carboxylic acid groups (broad SMARTS) is 1. The lowest BCUT2D eigenvalue weighted by atomic mass is 9.58. The van der Waals surface area contributed by atoms with Gasteiger partial charge in [-0.15, -0.1) is 13.2 Å².